The van der Waals surface area contributed by atoms with Crippen LogP contribution in [0.1, 0.15) is 18.6 Å². The van der Waals surface area contributed by atoms with Crippen LogP contribution in [0, 0.1) is 11.6 Å². The maximum atomic E-state index is 13.9. The minimum absolute atomic E-state index is 0.308. The van der Waals surface area contributed by atoms with E-state index in [1.54, 1.807) is 0 Å². The number of esters is 1. The second kappa shape index (κ2) is 8.70. The summed E-state index contributed by atoms with van der Waals surface area (Å²) in [6, 6.07) is 3.21. The second-order valence-electron chi connectivity index (χ2n) is 5.53. The standard InChI is InChI=1S/C16H20F2N2O4/c1-11(21)24-15(14-12(17)3-2-4-13(14)18)16(22)19-5-6-20-7-9-23-10-8-20/h2-4,15H,5-10H2,1H3,(H,19,22)/p+1/t15-/m1/s1. The first-order valence-corrected chi connectivity index (χ1v) is 7.79. The van der Waals surface area contributed by atoms with Gasteiger partial charge in [-0.25, -0.2) is 8.78 Å². The van der Waals surface area contributed by atoms with Crippen molar-refractivity contribution in [2.24, 2.45) is 0 Å². The number of carbonyl (C=O) groups is 2. The van der Waals surface area contributed by atoms with E-state index >= 15 is 0 Å². The Labute approximate surface area is 138 Å². The van der Waals surface area contributed by atoms with Crippen LogP contribution in [-0.2, 0) is 19.1 Å². The molecule has 1 aromatic rings. The molecule has 6 nitrogen and oxygen atoms in total. The summed E-state index contributed by atoms with van der Waals surface area (Å²) in [4.78, 5) is 24.7. The van der Waals surface area contributed by atoms with Crippen molar-refractivity contribution in [2.75, 3.05) is 39.4 Å². The van der Waals surface area contributed by atoms with Gasteiger partial charge in [-0.3, -0.25) is 9.59 Å². The molecule has 132 valence electrons. The number of hydrogen-bond donors (Lipinski definition) is 2. The van der Waals surface area contributed by atoms with Crippen LogP contribution in [0.3, 0.4) is 0 Å². The Hall–Kier alpha value is -2.06. The molecule has 1 saturated heterocycles. The second-order valence-corrected chi connectivity index (χ2v) is 5.53. The van der Waals surface area contributed by atoms with Crippen LogP contribution in [0.4, 0.5) is 8.78 Å². The van der Waals surface area contributed by atoms with Crippen molar-refractivity contribution in [3.05, 3.63) is 35.4 Å². The largest absolute Gasteiger partial charge is 0.447 e. The van der Waals surface area contributed by atoms with Crippen molar-refractivity contribution in [3.8, 4) is 0 Å². The highest BCUT2D eigenvalue weighted by Gasteiger charge is 2.30. The van der Waals surface area contributed by atoms with Crippen LogP contribution in [0.25, 0.3) is 0 Å². The maximum Gasteiger partial charge on any atom is 0.303 e. The fourth-order valence-corrected chi connectivity index (χ4v) is 2.54. The van der Waals surface area contributed by atoms with E-state index in [1.807, 2.05) is 0 Å². The smallest absolute Gasteiger partial charge is 0.303 e. The number of carbonyl (C=O) groups excluding carboxylic acids is 2. The van der Waals surface area contributed by atoms with Gasteiger partial charge >= 0.3 is 5.97 Å². The van der Waals surface area contributed by atoms with E-state index in [0.29, 0.717) is 26.3 Å². The Kier molecular flexibility index (Phi) is 6.62. The number of nitrogens with one attached hydrogen (secondary N) is 2. The SMILES string of the molecule is CC(=O)O[C@@H](C(=O)NCC[NH+]1CCOCC1)c1c(F)cccc1F. The molecule has 2 rings (SSSR count). The summed E-state index contributed by atoms with van der Waals surface area (Å²) in [5.74, 6) is -3.41. The highest BCUT2D eigenvalue weighted by Crippen LogP contribution is 2.24. The topological polar surface area (TPSA) is 69.1 Å². The van der Waals surface area contributed by atoms with E-state index in [1.165, 1.54) is 11.0 Å². The summed E-state index contributed by atoms with van der Waals surface area (Å²) in [6.07, 6.45) is -1.65. The van der Waals surface area contributed by atoms with Gasteiger partial charge in [0.2, 0.25) is 6.10 Å². The Morgan fingerprint density at radius 1 is 1.29 bits per heavy atom. The number of halogens is 2. The number of amides is 1. The predicted molar refractivity (Wildman–Crippen MR) is 80.3 cm³/mol. The molecular formula is C16H21F2N2O4+. The van der Waals surface area contributed by atoms with Gasteiger partial charge in [0.05, 0.1) is 31.9 Å². The molecule has 0 radical (unpaired) electrons. The molecule has 0 spiro atoms. The number of quaternary nitrogens is 1. The molecule has 0 aliphatic carbocycles. The first-order chi connectivity index (χ1) is 11.5. The summed E-state index contributed by atoms with van der Waals surface area (Å²) in [7, 11) is 0. The summed E-state index contributed by atoms with van der Waals surface area (Å²) in [6.45, 7) is 5.05. The predicted octanol–water partition coefficient (Wildman–Crippen LogP) is -0.400. The summed E-state index contributed by atoms with van der Waals surface area (Å²) in [5.41, 5.74) is -0.566. The van der Waals surface area contributed by atoms with E-state index < -0.39 is 35.2 Å². The number of hydrogen-bond acceptors (Lipinski definition) is 4. The van der Waals surface area contributed by atoms with Gasteiger partial charge in [-0.15, -0.1) is 0 Å². The third kappa shape index (κ3) is 4.97. The summed E-state index contributed by atoms with van der Waals surface area (Å²) in [5, 5.41) is 2.58. The molecule has 2 N–H and O–H groups in total. The van der Waals surface area contributed by atoms with Gasteiger partial charge in [-0.1, -0.05) is 6.07 Å². The van der Waals surface area contributed by atoms with Crippen LogP contribution < -0.4 is 10.2 Å². The first kappa shape index (κ1) is 18.3. The zero-order chi connectivity index (χ0) is 17.5. The lowest BCUT2D eigenvalue weighted by atomic mass is 10.1. The minimum Gasteiger partial charge on any atom is -0.447 e. The Morgan fingerprint density at radius 3 is 2.50 bits per heavy atom. The van der Waals surface area contributed by atoms with Crippen molar-refractivity contribution in [1.29, 1.82) is 0 Å². The Bertz CT molecular complexity index is 571. The van der Waals surface area contributed by atoms with Gasteiger partial charge in [0.15, 0.2) is 0 Å². The van der Waals surface area contributed by atoms with Crippen LogP contribution >= 0.6 is 0 Å². The van der Waals surface area contributed by atoms with Crippen molar-refractivity contribution in [1.82, 2.24) is 5.32 Å². The van der Waals surface area contributed by atoms with Crippen LogP contribution in [0.15, 0.2) is 18.2 Å². The van der Waals surface area contributed by atoms with E-state index in [9.17, 15) is 18.4 Å². The average Bonchev–Trinajstić information content (AvgIpc) is 2.54. The van der Waals surface area contributed by atoms with Gasteiger partial charge in [0.1, 0.15) is 24.7 Å². The molecule has 24 heavy (non-hydrogen) atoms. The molecule has 0 unspecified atom stereocenters. The van der Waals surface area contributed by atoms with Crippen molar-refractivity contribution in [2.45, 2.75) is 13.0 Å². The number of rotatable bonds is 6. The van der Waals surface area contributed by atoms with Crippen LogP contribution in [0.5, 0.6) is 0 Å². The van der Waals surface area contributed by atoms with Gasteiger partial charge in [-0.05, 0) is 12.1 Å². The number of ether oxygens (including phenoxy) is 2. The van der Waals surface area contributed by atoms with Crippen molar-refractivity contribution >= 4 is 11.9 Å². The molecule has 1 aromatic carbocycles. The molecular weight excluding hydrogens is 322 g/mol. The first-order valence-electron chi connectivity index (χ1n) is 7.79. The van der Waals surface area contributed by atoms with E-state index in [-0.39, 0.29) is 0 Å². The fourth-order valence-electron chi connectivity index (χ4n) is 2.54. The zero-order valence-electron chi connectivity index (χ0n) is 13.4. The highest BCUT2D eigenvalue weighted by molar-refractivity contribution is 5.84. The van der Waals surface area contributed by atoms with Gasteiger partial charge < -0.3 is 19.7 Å². The minimum atomic E-state index is -1.65. The fraction of sp³-hybridized carbons (Fsp3) is 0.500. The van der Waals surface area contributed by atoms with Crippen molar-refractivity contribution in [3.63, 3.8) is 0 Å². The van der Waals surface area contributed by atoms with Gasteiger partial charge in [0.25, 0.3) is 5.91 Å². The normalized spacial score (nSPS) is 16.5. The monoisotopic (exact) mass is 343 g/mol. The Balaban J connectivity index is 2.01. The number of benzene rings is 1. The van der Waals surface area contributed by atoms with Crippen molar-refractivity contribution < 1.29 is 32.7 Å². The Morgan fingerprint density at radius 2 is 1.92 bits per heavy atom. The average molecular weight is 343 g/mol. The van der Waals surface area contributed by atoms with Gasteiger partial charge in [0, 0.05) is 6.92 Å². The van der Waals surface area contributed by atoms with E-state index in [0.717, 1.165) is 32.1 Å². The lowest BCUT2D eigenvalue weighted by molar-refractivity contribution is -0.906. The van der Waals surface area contributed by atoms with Gasteiger partial charge in [-0.2, -0.15) is 0 Å². The third-order valence-electron chi connectivity index (χ3n) is 3.76. The molecule has 1 aliphatic heterocycles. The maximum absolute atomic E-state index is 13.9. The molecule has 1 aliphatic rings. The molecule has 8 heteroatoms. The quantitative estimate of drug-likeness (QED) is 0.690. The van der Waals surface area contributed by atoms with Crippen LogP contribution in [-0.4, -0.2) is 51.3 Å². The third-order valence-corrected chi connectivity index (χ3v) is 3.76. The lowest BCUT2D eigenvalue weighted by Gasteiger charge is -2.24. The lowest BCUT2D eigenvalue weighted by Crippen LogP contribution is -3.14. The molecule has 1 heterocycles. The summed E-state index contributed by atoms with van der Waals surface area (Å²) < 4.78 is 37.9. The summed E-state index contributed by atoms with van der Waals surface area (Å²) >= 11 is 0. The molecule has 1 fully saturated rings. The molecule has 1 amide bonds. The van der Waals surface area contributed by atoms with Crippen LogP contribution in [0.2, 0.25) is 0 Å². The molecule has 0 bridgehead atoms. The van der Waals surface area contributed by atoms with E-state index in [2.05, 4.69) is 5.32 Å². The number of morpholine rings is 1. The molecule has 1 atom stereocenters. The molecule has 0 aromatic heterocycles. The molecule has 0 saturated carbocycles. The zero-order valence-corrected chi connectivity index (χ0v) is 13.4. The van der Waals surface area contributed by atoms with E-state index in [4.69, 9.17) is 9.47 Å². The highest BCUT2D eigenvalue weighted by atomic mass is 19.1.